The van der Waals surface area contributed by atoms with Crippen LogP contribution in [0.5, 0.6) is 5.75 Å². The van der Waals surface area contributed by atoms with Crippen LogP contribution in [0.2, 0.25) is 5.02 Å². The smallest absolute Gasteiger partial charge is 0.271 e. The standard InChI is InChI=1S/C28H26BrClN2O2S/c1-4-18-7-11-21(12-8-18)31-28-32(22-13-9-19(5-2)10-14-22)27(33)25(35-28)17-20-15-23(29)26(34-6-3)24(30)16-20/h7-17H,4-6H2,1-3H3/b25-17-,31-28?. The Kier molecular flexibility index (Phi) is 8.37. The molecule has 0 aromatic heterocycles. The molecule has 1 heterocycles. The molecule has 0 radical (unpaired) electrons. The second-order valence-electron chi connectivity index (χ2n) is 7.93. The van der Waals surface area contributed by atoms with E-state index < -0.39 is 0 Å². The zero-order valence-electron chi connectivity index (χ0n) is 19.8. The molecular formula is C28H26BrClN2O2S. The summed E-state index contributed by atoms with van der Waals surface area (Å²) in [4.78, 5) is 20.7. The number of thioether (sulfide) groups is 1. The fraction of sp³-hybridized carbons (Fsp3) is 0.214. The summed E-state index contributed by atoms with van der Waals surface area (Å²) in [6, 6.07) is 19.8. The van der Waals surface area contributed by atoms with Crippen molar-refractivity contribution in [3.63, 3.8) is 0 Å². The van der Waals surface area contributed by atoms with Crippen LogP contribution in [-0.4, -0.2) is 17.7 Å². The largest absolute Gasteiger partial charge is 0.491 e. The number of hydrogen-bond donors (Lipinski definition) is 0. The van der Waals surface area contributed by atoms with Gasteiger partial charge in [-0.1, -0.05) is 49.7 Å². The van der Waals surface area contributed by atoms with E-state index in [2.05, 4.69) is 41.9 Å². The van der Waals surface area contributed by atoms with Crippen molar-refractivity contribution in [2.24, 2.45) is 4.99 Å². The van der Waals surface area contributed by atoms with Gasteiger partial charge in [-0.2, -0.15) is 0 Å². The minimum absolute atomic E-state index is 0.121. The predicted molar refractivity (Wildman–Crippen MR) is 152 cm³/mol. The molecule has 1 aliphatic heterocycles. The summed E-state index contributed by atoms with van der Waals surface area (Å²) in [6.07, 6.45) is 3.74. The highest BCUT2D eigenvalue weighted by Gasteiger charge is 2.34. The number of anilines is 1. The first kappa shape index (κ1) is 25.5. The van der Waals surface area contributed by atoms with E-state index in [1.54, 1.807) is 11.0 Å². The van der Waals surface area contributed by atoms with Crippen LogP contribution in [0, 0.1) is 0 Å². The molecule has 4 nitrogen and oxygen atoms in total. The lowest BCUT2D eigenvalue weighted by Gasteiger charge is -2.16. The van der Waals surface area contributed by atoms with Crippen molar-refractivity contribution in [2.75, 3.05) is 11.5 Å². The summed E-state index contributed by atoms with van der Waals surface area (Å²) in [5.41, 5.74) is 4.86. The number of carbonyl (C=O) groups excluding carboxylic acids is 1. The first-order chi connectivity index (χ1) is 16.9. The Bertz CT molecular complexity index is 1260. The topological polar surface area (TPSA) is 41.9 Å². The van der Waals surface area contributed by atoms with Crippen molar-refractivity contribution in [1.29, 1.82) is 0 Å². The second-order valence-corrected chi connectivity index (χ2v) is 10.2. The Morgan fingerprint density at radius 1 is 1.00 bits per heavy atom. The van der Waals surface area contributed by atoms with Gasteiger partial charge in [0.2, 0.25) is 0 Å². The van der Waals surface area contributed by atoms with E-state index in [1.165, 1.54) is 22.9 Å². The second kappa shape index (κ2) is 11.5. The van der Waals surface area contributed by atoms with Crippen LogP contribution in [0.3, 0.4) is 0 Å². The number of aliphatic imine (C=N–C) groups is 1. The molecule has 0 atom stereocenters. The molecule has 0 unspecified atom stereocenters. The number of amides is 1. The quantitative estimate of drug-likeness (QED) is 0.268. The molecule has 0 N–H and O–H groups in total. The Hall–Kier alpha value is -2.54. The van der Waals surface area contributed by atoms with Crippen molar-refractivity contribution in [1.82, 2.24) is 0 Å². The molecule has 0 bridgehead atoms. The van der Waals surface area contributed by atoms with E-state index in [4.69, 9.17) is 21.3 Å². The third kappa shape index (κ3) is 5.83. The molecule has 35 heavy (non-hydrogen) atoms. The van der Waals surface area contributed by atoms with Gasteiger partial charge in [-0.3, -0.25) is 9.69 Å². The van der Waals surface area contributed by atoms with Crippen molar-refractivity contribution >= 4 is 67.8 Å². The Labute approximate surface area is 224 Å². The predicted octanol–water partition coefficient (Wildman–Crippen LogP) is 8.43. The molecule has 3 aromatic carbocycles. The van der Waals surface area contributed by atoms with E-state index in [1.807, 2.05) is 55.5 Å². The van der Waals surface area contributed by atoms with Crippen LogP contribution in [0.1, 0.15) is 37.5 Å². The molecular weight excluding hydrogens is 544 g/mol. The molecule has 4 rings (SSSR count). The number of aryl methyl sites for hydroxylation is 2. The fourth-order valence-corrected chi connectivity index (χ4v) is 5.66. The van der Waals surface area contributed by atoms with E-state index >= 15 is 0 Å². The van der Waals surface area contributed by atoms with Crippen molar-refractivity contribution in [3.05, 3.63) is 91.8 Å². The monoisotopic (exact) mass is 568 g/mol. The normalized spacial score (nSPS) is 15.9. The summed E-state index contributed by atoms with van der Waals surface area (Å²) in [5, 5.41) is 1.10. The van der Waals surface area contributed by atoms with Crippen LogP contribution in [0.4, 0.5) is 11.4 Å². The molecule has 1 aliphatic rings. The summed E-state index contributed by atoms with van der Waals surface area (Å²) in [6.45, 7) is 6.65. The molecule has 0 aliphatic carbocycles. The molecule has 3 aromatic rings. The highest BCUT2D eigenvalue weighted by atomic mass is 79.9. The molecule has 1 saturated heterocycles. The number of hydrogen-bond acceptors (Lipinski definition) is 4. The zero-order valence-corrected chi connectivity index (χ0v) is 23.0. The maximum atomic E-state index is 13.6. The van der Waals surface area contributed by atoms with Gasteiger partial charge in [-0.05, 0) is 107 Å². The van der Waals surface area contributed by atoms with Crippen molar-refractivity contribution in [2.45, 2.75) is 33.6 Å². The van der Waals surface area contributed by atoms with Gasteiger partial charge in [0.25, 0.3) is 5.91 Å². The average molecular weight is 570 g/mol. The minimum Gasteiger partial charge on any atom is -0.491 e. The lowest BCUT2D eigenvalue weighted by Crippen LogP contribution is -2.28. The van der Waals surface area contributed by atoms with Gasteiger partial charge >= 0.3 is 0 Å². The van der Waals surface area contributed by atoms with Crippen molar-refractivity contribution < 1.29 is 9.53 Å². The number of amidine groups is 1. The first-order valence-electron chi connectivity index (χ1n) is 11.6. The Morgan fingerprint density at radius 2 is 1.63 bits per heavy atom. The SMILES string of the molecule is CCOc1c(Cl)cc(/C=C2\SC(=Nc3ccc(CC)cc3)N(c3ccc(CC)cc3)C2=O)cc1Br. The van der Waals surface area contributed by atoms with Gasteiger partial charge in [0.05, 0.1) is 32.4 Å². The molecule has 0 saturated carbocycles. The van der Waals surface area contributed by atoms with Crippen molar-refractivity contribution in [3.8, 4) is 5.75 Å². The van der Waals surface area contributed by atoms with Gasteiger partial charge in [0, 0.05) is 0 Å². The van der Waals surface area contributed by atoms with Gasteiger partial charge in [-0.15, -0.1) is 0 Å². The molecule has 1 amide bonds. The van der Waals surface area contributed by atoms with Crippen LogP contribution in [-0.2, 0) is 17.6 Å². The van der Waals surface area contributed by atoms with Gasteiger partial charge in [0.15, 0.2) is 10.9 Å². The van der Waals surface area contributed by atoms with E-state index in [0.29, 0.717) is 27.5 Å². The molecule has 180 valence electrons. The van der Waals surface area contributed by atoms with Gasteiger partial charge in [0.1, 0.15) is 0 Å². The van der Waals surface area contributed by atoms with E-state index in [9.17, 15) is 4.79 Å². The number of benzene rings is 3. The summed E-state index contributed by atoms with van der Waals surface area (Å²) in [5.74, 6) is 0.474. The van der Waals surface area contributed by atoms with E-state index in [-0.39, 0.29) is 5.91 Å². The highest BCUT2D eigenvalue weighted by Crippen LogP contribution is 2.40. The zero-order chi connectivity index (χ0) is 24.9. The maximum absolute atomic E-state index is 13.6. The third-order valence-electron chi connectivity index (χ3n) is 5.59. The van der Waals surface area contributed by atoms with Gasteiger partial charge < -0.3 is 4.74 Å². The van der Waals surface area contributed by atoms with Crippen LogP contribution in [0.25, 0.3) is 6.08 Å². The molecule has 1 fully saturated rings. The van der Waals surface area contributed by atoms with Crippen LogP contribution in [0.15, 0.2) is 75.0 Å². The maximum Gasteiger partial charge on any atom is 0.271 e. The minimum atomic E-state index is -0.121. The first-order valence-corrected chi connectivity index (χ1v) is 13.5. The third-order valence-corrected chi connectivity index (χ3v) is 7.42. The highest BCUT2D eigenvalue weighted by molar-refractivity contribution is 9.10. The lowest BCUT2D eigenvalue weighted by molar-refractivity contribution is -0.113. The van der Waals surface area contributed by atoms with Gasteiger partial charge in [-0.25, -0.2) is 4.99 Å². The Balaban J connectivity index is 1.74. The fourth-order valence-electron chi connectivity index (χ4n) is 3.67. The number of nitrogens with zero attached hydrogens (tertiary/aromatic N) is 2. The summed E-state index contributed by atoms with van der Waals surface area (Å²) in [7, 11) is 0. The number of rotatable bonds is 7. The van der Waals surface area contributed by atoms with E-state index in [0.717, 1.165) is 34.3 Å². The average Bonchev–Trinajstić information content (AvgIpc) is 3.16. The Morgan fingerprint density at radius 3 is 2.20 bits per heavy atom. The lowest BCUT2D eigenvalue weighted by atomic mass is 10.1. The summed E-state index contributed by atoms with van der Waals surface area (Å²) < 4.78 is 6.35. The van der Waals surface area contributed by atoms with Crippen LogP contribution < -0.4 is 9.64 Å². The number of halogens is 2. The summed E-state index contributed by atoms with van der Waals surface area (Å²) >= 11 is 11.3. The number of ether oxygens (including phenoxy) is 1. The molecule has 7 heteroatoms. The van der Waals surface area contributed by atoms with Crippen LogP contribution >= 0.6 is 39.3 Å². The molecule has 0 spiro atoms. The number of carbonyl (C=O) groups is 1.